The highest BCUT2D eigenvalue weighted by Crippen LogP contribution is 2.21. The van der Waals surface area contributed by atoms with Crippen molar-refractivity contribution in [2.75, 3.05) is 5.32 Å². The van der Waals surface area contributed by atoms with Crippen LogP contribution in [0.5, 0.6) is 0 Å². The average Bonchev–Trinajstić information content (AvgIpc) is 3.11. The smallest absolute Gasteiger partial charge is 0.221 e. The van der Waals surface area contributed by atoms with Gasteiger partial charge in [-0.15, -0.1) is 0 Å². The SMILES string of the molecule is CC(=O)Nc1cccc(-n2cc(-c3cnc4ccccc4n3)cn2)c1. The molecular weight excluding hydrogens is 314 g/mol. The minimum absolute atomic E-state index is 0.107. The molecule has 0 saturated heterocycles. The second-order valence-corrected chi connectivity index (χ2v) is 5.65. The largest absolute Gasteiger partial charge is 0.326 e. The Bertz CT molecular complexity index is 1070. The Hall–Kier alpha value is -3.54. The van der Waals surface area contributed by atoms with Gasteiger partial charge in [0.2, 0.25) is 5.91 Å². The van der Waals surface area contributed by atoms with Crippen LogP contribution in [0.15, 0.2) is 67.1 Å². The summed E-state index contributed by atoms with van der Waals surface area (Å²) in [5.41, 5.74) is 4.94. The number of para-hydroxylation sites is 2. The Labute approximate surface area is 144 Å². The molecule has 4 aromatic rings. The molecule has 2 heterocycles. The van der Waals surface area contributed by atoms with Crippen molar-refractivity contribution >= 4 is 22.6 Å². The highest BCUT2D eigenvalue weighted by molar-refractivity contribution is 5.88. The summed E-state index contributed by atoms with van der Waals surface area (Å²) in [6.45, 7) is 1.48. The Kier molecular flexibility index (Phi) is 3.70. The van der Waals surface area contributed by atoms with Gasteiger partial charge in [-0.25, -0.2) is 9.67 Å². The molecule has 0 aliphatic carbocycles. The van der Waals surface area contributed by atoms with E-state index in [0.717, 1.165) is 33.7 Å². The van der Waals surface area contributed by atoms with Crippen LogP contribution in [0.25, 0.3) is 28.0 Å². The van der Waals surface area contributed by atoms with Gasteiger partial charge in [0.15, 0.2) is 0 Å². The zero-order chi connectivity index (χ0) is 17.2. The summed E-state index contributed by atoms with van der Waals surface area (Å²) in [7, 11) is 0. The zero-order valence-corrected chi connectivity index (χ0v) is 13.5. The molecule has 6 nitrogen and oxygen atoms in total. The lowest BCUT2D eigenvalue weighted by Gasteiger charge is -2.05. The Morgan fingerprint density at radius 1 is 1.04 bits per heavy atom. The number of benzene rings is 2. The van der Waals surface area contributed by atoms with Crippen molar-refractivity contribution < 1.29 is 4.79 Å². The number of rotatable bonds is 3. The second kappa shape index (κ2) is 6.16. The maximum absolute atomic E-state index is 11.2. The lowest BCUT2D eigenvalue weighted by molar-refractivity contribution is -0.114. The van der Waals surface area contributed by atoms with Crippen LogP contribution in [0.4, 0.5) is 5.69 Å². The van der Waals surface area contributed by atoms with Gasteiger partial charge < -0.3 is 5.32 Å². The van der Waals surface area contributed by atoms with Crippen molar-refractivity contribution in [3.8, 4) is 16.9 Å². The van der Waals surface area contributed by atoms with E-state index in [1.54, 1.807) is 17.1 Å². The number of aromatic nitrogens is 4. The lowest BCUT2D eigenvalue weighted by Crippen LogP contribution is -2.06. The van der Waals surface area contributed by atoms with Crippen molar-refractivity contribution in [2.24, 2.45) is 0 Å². The van der Waals surface area contributed by atoms with E-state index in [0.29, 0.717) is 0 Å². The summed E-state index contributed by atoms with van der Waals surface area (Å²) >= 11 is 0. The van der Waals surface area contributed by atoms with E-state index >= 15 is 0 Å². The molecule has 4 rings (SSSR count). The van der Waals surface area contributed by atoms with Gasteiger partial charge in [0.25, 0.3) is 0 Å². The molecule has 25 heavy (non-hydrogen) atoms. The molecule has 0 aliphatic rings. The van der Waals surface area contributed by atoms with Crippen LogP contribution in [0.2, 0.25) is 0 Å². The molecule has 0 spiro atoms. The molecule has 0 unspecified atom stereocenters. The molecule has 0 aliphatic heterocycles. The molecule has 0 fully saturated rings. The molecule has 0 bridgehead atoms. The fraction of sp³-hybridized carbons (Fsp3) is 0.0526. The number of hydrogen-bond acceptors (Lipinski definition) is 4. The normalized spacial score (nSPS) is 10.8. The van der Waals surface area contributed by atoms with E-state index in [1.165, 1.54) is 6.92 Å². The minimum Gasteiger partial charge on any atom is -0.326 e. The third kappa shape index (κ3) is 3.10. The summed E-state index contributed by atoms with van der Waals surface area (Å²) in [4.78, 5) is 20.3. The topological polar surface area (TPSA) is 72.7 Å². The third-order valence-corrected chi connectivity index (χ3v) is 3.76. The van der Waals surface area contributed by atoms with Crippen LogP contribution in [0.1, 0.15) is 6.92 Å². The minimum atomic E-state index is -0.107. The van der Waals surface area contributed by atoms with Gasteiger partial charge in [-0.3, -0.25) is 9.78 Å². The Balaban J connectivity index is 1.68. The highest BCUT2D eigenvalue weighted by Gasteiger charge is 2.07. The standard InChI is InChI=1S/C19H15N5O/c1-13(25)22-15-5-4-6-16(9-15)24-12-14(10-21-24)19-11-20-17-7-2-3-8-18(17)23-19/h2-12H,1H3,(H,22,25). The third-order valence-electron chi connectivity index (χ3n) is 3.76. The molecule has 0 atom stereocenters. The summed E-state index contributed by atoms with van der Waals surface area (Å²) in [6, 6.07) is 15.3. The summed E-state index contributed by atoms with van der Waals surface area (Å²) in [5, 5.41) is 7.17. The fourth-order valence-electron chi connectivity index (χ4n) is 2.62. The first-order chi connectivity index (χ1) is 12.2. The maximum Gasteiger partial charge on any atom is 0.221 e. The molecule has 1 amide bonds. The molecule has 122 valence electrons. The first-order valence-electron chi connectivity index (χ1n) is 7.84. The van der Waals surface area contributed by atoms with Crippen LogP contribution in [0, 0.1) is 0 Å². The first kappa shape index (κ1) is 15.0. The van der Waals surface area contributed by atoms with Gasteiger partial charge in [-0.1, -0.05) is 18.2 Å². The molecule has 0 saturated carbocycles. The molecule has 6 heteroatoms. The van der Waals surface area contributed by atoms with Gasteiger partial charge in [-0.05, 0) is 30.3 Å². The lowest BCUT2D eigenvalue weighted by atomic mass is 10.2. The van der Waals surface area contributed by atoms with E-state index in [2.05, 4.69) is 20.4 Å². The predicted octanol–water partition coefficient (Wildman–Crippen LogP) is 3.44. The molecule has 1 N–H and O–H groups in total. The molecule has 0 radical (unpaired) electrons. The van der Waals surface area contributed by atoms with Crippen LogP contribution in [0.3, 0.4) is 0 Å². The van der Waals surface area contributed by atoms with Crippen LogP contribution in [-0.2, 0) is 4.79 Å². The van der Waals surface area contributed by atoms with Crippen LogP contribution >= 0.6 is 0 Å². The molecule has 2 aromatic carbocycles. The Morgan fingerprint density at radius 2 is 1.88 bits per heavy atom. The van der Waals surface area contributed by atoms with Gasteiger partial charge >= 0.3 is 0 Å². The van der Waals surface area contributed by atoms with E-state index in [-0.39, 0.29) is 5.91 Å². The number of carbonyl (C=O) groups is 1. The summed E-state index contributed by atoms with van der Waals surface area (Å²) in [5.74, 6) is -0.107. The average molecular weight is 329 g/mol. The maximum atomic E-state index is 11.2. The van der Waals surface area contributed by atoms with Crippen LogP contribution in [-0.4, -0.2) is 25.7 Å². The first-order valence-corrected chi connectivity index (χ1v) is 7.84. The van der Waals surface area contributed by atoms with Gasteiger partial charge in [-0.2, -0.15) is 5.10 Å². The fourth-order valence-corrected chi connectivity index (χ4v) is 2.62. The van der Waals surface area contributed by atoms with E-state index < -0.39 is 0 Å². The van der Waals surface area contributed by atoms with E-state index in [4.69, 9.17) is 0 Å². The van der Waals surface area contributed by atoms with Gasteiger partial charge in [0.1, 0.15) is 0 Å². The number of nitrogens with one attached hydrogen (secondary N) is 1. The quantitative estimate of drug-likeness (QED) is 0.625. The molecular formula is C19H15N5O. The molecule has 2 aromatic heterocycles. The van der Waals surface area contributed by atoms with Gasteiger partial charge in [0, 0.05) is 24.4 Å². The van der Waals surface area contributed by atoms with Crippen LogP contribution < -0.4 is 5.32 Å². The number of nitrogens with zero attached hydrogens (tertiary/aromatic N) is 4. The Morgan fingerprint density at radius 3 is 2.72 bits per heavy atom. The number of amides is 1. The monoisotopic (exact) mass is 329 g/mol. The van der Waals surface area contributed by atoms with Crippen molar-refractivity contribution in [1.29, 1.82) is 0 Å². The van der Waals surface area contributed by atoms with E-state index in [9.17, 15) is 4.79 Å². The highest BCUT2D eigenvalue weighted by atomic mass is 16.1. The number of anilines is 1. The number of carbonyl (C=O) groups excluding carboxylic acids is 1. The number of hydrogen-bond donors (Lipinski definition) is 1. The number of fused-ring (bicyclic) bond motifs is 1. The van der Waals surface area contributed by atoms with Crippen molar-refractivity contribution in [3.63, 3.8) is 0 Å². The predicted molar refractivity (Wildman–Crippen MR) is 96.4 cm³/mol. The summed E-state index contributed by atoms with van der Waals surface area (Å²) < 4.78 is 1.75. The van der Waals surface area contributed by atoms with E-state index in [1.807, 2.05) is 54.7 Å². The van der Waals surface area contributed by atoms with Crippen molar-refractivity contribution in [1.82, 2.24) is 19.7 Å². The van der Waals surface area contributed by atoms with Crippen molar-refractivity contribution in [3.05, 3.63) is 67.1 Å². The van der Waals surface area contributed by atoms with Crippen molar-refractivity contribution in [2.45, 2.75) is 6.92 Å². The zero-order valence-electron chi connectivity index (χ0n) is 13.5. The second-order valence-electron chi connectivity index (χ2n) is 5.65. The van der Waals surface area contributed by atoms with Gasteiger partial charge in [0.05, 0.1) is 34.8 Å². The summed E-state index contributed by atoms with van der Waals surface area (Å²) in [6.07, 6.45) is 5.40.